The molecule has 172 valence electrons. The van der Waals surface area contributed by atoms with Crippen LogP contribution in [0.3, 0.4) is 0 Å². The Morgan fingerprint density at radius 1 is 1.15 bits per heavy atom. The lowest BCUT2D eigenvalue weighted by atomic mass is 10.2. The van der Waals surface area contributed by atoms with Crippen molar-refractivity contribution in [3.8, 4) is 23.0 Å². The van der Waals surface area contributed by atoms with Crippen LogP contribution in [0.2, 0.25) is 0 Å². The van der Waals surface area contributed by atoms with Crippen molar-refractivity contribution < 1.29 is 28.5 Å². The van der Waals surface area contributed by atoms with E-state index in [1.807, 2.05) is 6.07 Å². The molecule has 2 aromatic carbocycles. The average Bonchev–Trinajstić information content (AvgIpc) is 3.38. The number of rotatable bonds is 8. The molecule has 2 amide bonds. The van der Waals surface area contributed by atoms with Gasteiger partial charge in [-0.05, 0) is 42.3 Å². The van der Waals surface area contributed by atoms with Gasteiger partial charge in [-0.25, -0.2) is 0 Å². The number of methoxy groups -OCH3 is 2. The normalized spacial score (nSPS) is 15.8. The Morgan fingerprint density at radius 2 is 1.94 bits per heavy atom. The number of thioether (sulfide) groups is 1. The number of nitrogens with one attached hydrogen (secondary N) is 1. The predicted octanol–water partition coefficient (Wildman–Crippen LogP) is 4.05. The van der Waals surface area contributed by atoms with Gasteiger partial charge in [-0.1, -0.05) is 30.0 Å². The van der Waals surface area contributed by atoms with Crippen LogP contribution in [0.4, 0.5) is 5.69 Å². The third kappa shape index (κ3) is 5.23. The van der Waals surface area contributed by atoms with Gasteiger partial charge < -0.3 is 24.3 Å². The lowest BCUT2D eigenvalue weighted by Crippen LogP contribution is -2.29. The molecule has 0 bridgehead atoms. The zero-order chi connectivity index (χ0) is 23.4. The van der Waals surface area contributed by atoms with Gasteiger partial charge in [0.05, 0.1) is 19.1 Å². The number of nitrogens with zero attached hydrogens (tertiary/aromatic N) is 1. The maximum Gasteiger partial charge on any atom is 0.266 e. The smallest absolute Gasteiger partial charge is 0.266 e. The number of fused-ring (bicyclic) bond motifs is 1. The second-order valence-corrected chi connectivity index (χ2v) is 8.84. The highest BCUT2D eigenvalue weighted by atomic mass is 32.2. The lowest BCUT2D eigenvalue weighted by Gasteiger charge is -2.14. The number of ether oxygens (including phenoxy) is 4. The summed E-state index contributed by atoms with van der Waals surface area (Å²) in [7, 11) is 3.13. The van der Waals surface area contributed by atoms with Crippen LogP contribution >= 0.6 is 24.0 Å². The Bertz CT molecular complexity index is 1130. The van der Waals surface area contributed by atoms with E-state index in [-0.39, 0.29) is 25.0 Å². The molecule has 10 heteroatoms. The van der Waals surface area contributed by atoms with Crippen LogP contribution in [-0.4, -0.2) is 48.6 Å². The summed E-state index contributed by atoms with van der Waals surface area (Å²) in [5.41, 5.74) is 1.43. The predicted molar refractivity (Wildman–Crippen MR) is 130 cm³/mol. The van der Waals surface area contributed by atoms with Gasteiger partial charge in [0.2, 0.25) is 12.7 Å². The van der Waals surface area contributed by atoms with Crippen molar-refractivity contribution in [1.82, 2.24) is 4.90 Å². The number of hydrogen-bond acceptors (Lipinski definition) is 8. The van der Waals surface area contributed by atoms with Crippen molar-refractivity contribution >= 4 is 51.9 Å². The summed E-state index contributed by atoms with van der Waals surface area (Å²) >= 11 is 6.63. The largest absolute Gasteiger partial charge is 0.493 e. The molecule has 8 nitrogen and oxygen atoms in total. The molecule has 2 aliphatic heterocycles. The zero-order valence-electron chi connectivity index (χ0n) is 18.1. The highest BCUT2D eigenvalue weighted by Gasteiger charge is 2.31. The molecule has 0 saturated carbocycles. The second-order valence-electron chi connectivity index (χ2n) is 7.17. The number of carbonyl (C=O) groups is 2. The summed E-state index contributed by atoms with van der Waals surface area (Å²) in [6, 6.07) is 10.7. The van der Waals surface area contributed by atoms with Gasteiger partial charge in [-0.3, -0.25) is 14.5 Å². The average molecular weight is 487 g/mol. The van der Waals surface area contributed by atoms with Crippen LogP contribution < -0.4 is 24.3 Å². The van der Waals surface area contributed by atoms with E-state index in [0.29, 0.717) is 50.9 Å². The van der Waals surface area contributed by atoms with Crippen molar-refractivity contribution in [2.75, 3.05) is 32.9 Å². The van der Waals surface area contributed by atoms with Crippen molar-refractivity contribution in [3.05, 3.63) is 46.9 Å². The van der Waals surface area contributed by atoms with Gasteiger partial charge >= 0.3 is 0 Å². The minimum atomic E-state index is -0.170. The monoisotopic (exact) mass is 486 g/mol. The first-order chi connectivity index (χ1) is 16.0. The van der Waals surface area contributed by atoms with E-state index in [9.17, 15) is 9.59 Å². The highest BCUT2D eigenvalue weighted by Crippen LogP contribution is 2.35. The molecule has 0 atom stereocenters. The lowest BCUT2D eigenvalue weighted by molar-refractivity contribution is -0.122. The van der Waals surface area contributed by atoms with Crippen LogP contribution in [0.25, 0.3) is 6.08 Å². The number of thiocarbonyl (C=S) groups is 1. The molecule has 0 aromatic heterocycles. The molecule has 2 heterocycles. The molecule has 4 rings (SSSR count). The third-order valence-corrected chi connectivity index (χ3v) is 6.40. The van der Waals surface area contributed by atoms with E-state index < -0.39 is 0 Å². The fourth-order valence-corrected chi connectivity index (χ4v) is 4.69. The van der Waals surface area contributed by atoms with Gasteiger partial charge in [0.1, 0.15) is 4.32 Å². The molecule has 0 radical (unpaired) electrons. The molecule has 0 aliphatic carbocycles. The Balaban J connectivity index is 1.32. The van der Waals surface area contributed by atoms with Gasteiger partial charge in [0.25, 0.3) is 5.91 Å². The Morgan fingerprint density at radius 3 is 2.73 bits per heavy atom. The number of hydrogen-bond donors (Lipinski definition) is 1. The quantitative estimate of drug-likeness (QED) is 0.442. The molecular formula is C23H22N2O6S2. The number of carbonyl (C=O) groups excluding carboxylic acids is 2. The first kappa shape index (κ1) is 22.9. The van der Waals surface area contributed by atoms with Crippen molar-refractivity contribution in [2.24, 2.45) is 0 Å². The Kier molecular flexibility index (Phi) is 7.05. The van der Waals surface area contributed by atoms with Crippen molar-refractivity contribution in [3.63, 3.8) is 0 Å². The standard InChI is InChI=1S/C23H22N2O6S2/c1-28-16-7-5-14(10-18(16)29-2)11-20-22(27)25(23(32)33-20)9-3-4-21(26)24-15-6-8-17-19(12-15)31-13-30-17/h5-8,10-12H,3-4,9,13H2,1-2H3,(H,24,26). The summed E-state index contributed by atoms with van der Waals surface area (Å²) in [5, 5.41) is 2.83. The third-order valence-electron chi connectivity index (χ3n) is 5.02. The molecule has 2 aromatic rings. The van der Waals surface area contributed by atoms with Crippen molar-refractivity contribution in [1.29, 1.82) is 0 Å². The zero-order valence-corrected chi connectivity index (χ0v) is 19.7. The topological polar surface area (TPSA) is 86.3 Å². The maximum atomic E-state index is 12.8. The van der Waals surface area contributed by atoms with Gasteiger partial charge in [0, 0.05) is 24.7 Å². The SMILES string of the molecule is COc1ccc(C=C2SC(=S)N(CCCC(=O)Nc3ccc4c(c3)OCO4)C2=O)cc1OC. The summed E-state index contributed by atoms with van der Waals surface area (Å²) in [4.78, 5) is 27.2. The Labute approximate surface area is 200 Å². The maximum absolute atomic E-state index is 12.8. The fourth-order valence-electron chi connectivity index (χ4n) is 3.38. The van der Waals surface area contributed by atoms with Gasteiger partial charge in [0.15, 0.2) is 23.0 Å². The first-order valence-electron chi connectivity index (χ1n) is 10.2. The first-order valence-corrected chi connectivity index (χ1v) is 11.4. The molecule has 0 unspecified atom stereocenters. The summed E-state index contributed by atoms with van der Waals surface area (Å²) in [6.45, 7) is 0.541. The molecule has 1 N–H and O–H groups in total. The van der Waals surface area contributed by atoms with E-state index in [1.54, 1.807) is 50.6 Å². The molecule has 33 heavy (non-hydrogen) atoms. The van der Waals surface area contributed by atoms with E-state index in [2.05, 4.69) is 5.32 Å². The Hall–Kier alpha value is -3.24. The summed E-state index contributed by atoms with van der Waals surface area (Å²) in [6.07, 6.45) is 2.50. The van der Waals surface area contributed by atoms with Crippen molar-refractivity contribution in [2.45, 2.75) is 12.8 Å². The number of benzene rings is 2. The van der Waals surface area contributed by atoms with Crippen LogP contribution in [0.1, 0.15) is 18.4 Å². The summed E-state index contributed by atoms with van der Waals surface area (Å²) < 4.78 is 21.6. The van der Waals surface area contributed by atoms with Crippen LogP contribution in [0.15, 0.2) is 41.3 Å². The molecule has 2 aliphatic rings. The minimum Gasteiger partial charge on any atom is -0.493 e. The van der Waals surface area contributed by atoms with Gasteiger partial charge in [-0.15, -0.1) is 0 Å². The fraction of sp³-hybridized carbons (Fsp3) is 0.261. The number of amides is 2. The van der Waals surface area contributed by atoms with Crippen LogP contribution in [0.5, 0.6) is 23.0 Å². The molecule has 1 saturated heterocycles. The van der Waals surface area contributed by atoms with Gasteiger partial charge in [-0.2, -0.15) is 0 Å². The molecule has 0 spiro atoms. The summed E-state index contributed by atoms with van der Waals surface area (Å²) in [5.74, 6) is 2.13. The second kappa shape index (κ2) is 10.1. The van der Waals surface area contributed by atoms with Crippen LogP contribution in [-0.2, 0) is 9.59 Å². The van der Waals surface area contributed by atoms with E-state index in [0.717, 1.165) is 5.56 Å². The number of anilines is 1. The molecule has 1 fully saturated rings. The minimum absolute atomic E-state index is 0.153. The van der Waals surface area contributed by atoms with E-state index >= 15 is 0 Å². The highest BCUT2D eigenvalue weighted by molar-refractivity contribution is 8.26. The molecular weight excluding hydrogens is 464 g/mol. The van der Waals surface area contributed by atoms with E-state index in [1.165, 1.54) is 16.7 Å². The van der Waals surface area contributed by atoms with Crippen LogP contribution in [0, 0.1) is 0 Å². The van der Waals surface area contributed by atoms with E-state index in [4.69, 9.17) is 31.2 Å².